The van der Waals surface area contributed by atoms with Gasteiger partial charge in [0.15, 0.2) is 0 Å². The van der Waals surface area contributed by atoms with Crippen LogP contribution in [0.2, 0.25) is 0 Å². The lowest BCUT2D eigenvalue weighted by Gasteiger charge is -2.09. The van der Waals surface area contributed by atoms with E-state index in [1.54, 1.807) is 10.9 Å². The lowest BCUT2D eigenvalue weighted by molar-refractivity contribution is -0.115. The van der Waals surface area contributed by atoms with E-state index < -0.39 is 0 Å². The number of anilines is 1. The summed E-state index contributed by atoms with van der Waals surface area (Å²) in [4.78, 5) is 15.7. The molecule has 0 aliphatic rings. The summed E-state index contributed by atoms with van der Waals surface area (Å²) in [6, 6.07) is 19.9. The van der Waals surface area contributed by atoms with Gasteiger partial charge in [0.1, 0.15) is 5.82 Å². The van der Waals surface area contributed by atoms with Gasteiger partial charge in [0, 0.05) is 23.2 Å². The Kier molecular flexibility index (Phi) is 4.04. The van der Waals surface area contributed by atoms with E-state index in [1.807, 2.05) is 66.9 Å². The molecule has 0 atom stereocenters. The van der Waals surface area contributed by atoms with E-state index in [4.69, 9.17) is 0 Å². The number of fused-ring (bicyclic) bond motifs is 1. The Morgan fingerprint density at radius 3 is 2.72 bits per heavy atom. The summed E-state index contributed by atoms with van der Waals surface area (Å²) in [7, 11) is 0. The molecule has 5 heteroatoms. The Morgan fingerprint density at radius 1 is 1.04 bits per heavy atom. The topological polar surface area (TPSA) is 62.7 Å². The summed E-state index contributed by atoms with van der Waals surface area (Å²) in [6.07, 6.45) is 3.91. The highest BCUT2D eigenvalue weighted by Crippen LogP contribution is 2.19. The Balaban J connectivity index is 1.47. The lowest BCUT2D eigenvalue weighted by Crippen LogP contribution is -2.17. The van der Waals surface area contributed by atoms with Crippen LogP contribution in [0.5, 0.6) is 0 Å². The van der Waals surface area contributed by atoms with Gasteiger partial charge in [-0.25, -0.2) is 4.68 Å². The normalized spacial score (nSPS) is 10.9. The second-order valence-electron chi connectivity index (χ2n) is 5.94. The number of nitrogens with zero attached hydrogens (tertiary/aromatic N) is 2. The van der Waals surface area contributed by atoms with Crippen molar-refractivity contribution in [3.05, 3.63) is 84.2 Å². The fraction of sp³-hybridized carbons (Fsp3) is 0.100. The number of nitrogens with one attached hydrogen (secondary N) is 2. The summed E-state index contributed by atoms with van der Waals surface area (Å²) in [6.45, 7) is 0.622. The van der Waals surface area contributed by atoms with Crippen molar-refractivity contribution in [1.29, 1.82) is 0 Å². The van der Waals surface area contributed by atoms with Gasteiger partial charge in [0.25, 0.3) is 0 Å². The number of aromatic amines is 1. The first kappa shape index (κ1) is 15.2. The van der Waals surface area contributed by atoms with E-state index in [0.717, 1.165) is 22.0 Å². The van der Waals surface area contributed by atoms with Gasteiger partial charge in [-0.15, -0.1) is 0 Å². The van der Waals surface area contributed by atoms with E-state index in [9.17, 15) is 4.79 Å². The van der Waals surface area contributed by atoms with Crippen molar-refractivity contribution in [2.24, 2.45) is 0 Å². The number of carbonyl (C=O) groups excluding carboxylic acids is 1. The van der Waals surface area contributed by atoms with E-state index >= 15 is 0 Å². The average Bonchev–Trinajstić information content (AvgIpc) is 3.23. The molecule has 0 saturated carbocycles. The van der Waals surface area contributed by atoms with Gasteiger partial charge < -0.3 is 10.3 Å². The number of hydrogen-bond acceptors (Lipinski definition) is 2. The molecule has 124 valence electrons. The van der Waals surface area contributed by atoms with Gasteiger partial charge in [0.05, 0.1) is 19.2 Å². The van der Waals surface area contributed by atoms with Gasteiger partial charge in [-0.1, -0.05) is 48.5 Å². The number of aromatic nitrogens is 3. The molecule has 2 heterocycles. The van der Waals surface area contributed by atoms with Gasteiger partial charge in [-0.05, 0) is 17.2 Å². The predicted octanol–water partition coefficient (Wildman–Crippen LogP) is 3.59. The van der Waals surface area contributed by atoms with Gasteiger partial charge in [0.2, 0.25) is 5.91 Å². The SMILES string of the molecule is O=C(Cc1c[nH]c2ccccc12)Nc1ccnn1Cc1ccccc1. The van der Waals surface area contributed by atoms with E-state index in [-0.39, 0.29) is 5.91 Å². The zero-order chi connectivity index (χ0) is 17.1. The maximum atomic E-state index is 12.5. The second-order valence-corrected chi connectivity index (χ2v) is 5.94. The molecule has 4 rings (SSSR count). The zero-order valence-corrected chi connectivity index (χ0v) is 13.6. The fourth-order valence-corrected chi connectivity index (χ4v) is 2.96. The number of para-hydroxylation sites is 1. The Labute approximate surface area is 145 Å². The van der Waals surface area contributed by atoms with Gasteiger partial charge >= 0.3 is 0 Å². The molecular weight excluding hydrogens is 312 g/mol. The Hall–Kier alpha value is -3.34. The van der Waals surface area contributed by atoms with Crippen LogP contribution in [0.4, 0.5) is 5.82 Å². The van der Waals surface area contributed by atoms with Crippen molar-refractivity contribution < 1.29 is 4.79 Å². The molecule has 0 bridgehead atoms. The van der Waals surface area contributed by atoms with Crippen LogP contribution in [0.1, 0.15) is 11.1 Å². The Morgan fingerprint density at radius 2 is 1.84 bits per heavy atom. The number of rotatable bonds is 5. The molecule has 25 heavy (non-hydrogen) atoms. The third-order valence-corrected chi connectivity index (χ3v) is 4.19. The first-order valence-corrected chi connectivity index (χ1v) is 8.20. The average molecular weight is 330 g/mol. The number of benzene rings is 2. The minimum absolute atomic E-state index is 0.0560. The molecule has 0 aliphatic carbocycles. The minimum Gasteiger partial charge on any atom is -0.361 e. The minimum atomic E-state index is -0.0560. The summed E-state index contributed by atoms with van der Waals surface area (Å²) >= 11 is 0. The molecule has 1 amide bonds. The third kappa shape index (κ3) is 3.30. The molecule has 4 aromatic rings. The molecule has 0 saturated heterocycles. The molecule has 0 unspecified atom stereocenters. The second kappa shape index (κ2) is 6.65. The Bertz CT molecular complexity index is 1000. The van der Waals surface area contributed by atoms with Crippen molar-refractivity contribution >= 4 is 22.6 Å². The molecule has 0 radical (unpaired) electrons. The highest BCUT2D eigenvalue weighted by atomic mass is 16.1. The molecule has 0 fully saturated rings. The van der Waals surface area contributed by atoms with Crippen molar-refractivity contribution in [1.82, 2.24) is 14.8 Å². The number of carbonyl (C=O) groups is 1. The number of amides is 1. The van der Waals surface area contributed by atoms with Crippen LogP contribution in [0, 0.1) is 0 Å². The first-order chi connectivity index (χ1) is 12.3. The first-order valence-electron chi connectivity index (χ1n) is 8.20. The van der Waals surface area contributed by atoms with Crippen molar-refractivity contribution in [3.63, 3.8) is 0 Å². The van der Waals surface area contributed by atoms with Gasteiger partial charge in [-0.2, -0.15) is 5.10 Å². The standard InChI is InChI=1S/C20H18N4O/c25-20(12-16-13-21-18-9-5-4-8-17(16)18)23-19-10-11-22-24(19)14-15-6-2-1-3-7-15/h1-11,13,21H,12,14H2,(H,23,25). The molecule has 2 aromatic carbocycles. The number of hydrogen-bond donors (Lipinski definition) is 2. The molecule has 0 aliphatic heterocycles. The fourth-order valence-electron chi connectivity index (χ4n) is 2.96. The summed E-state index contributed by atoms with van der Waals surface area (Å²) < 4.78 is 1.79. The van der Waals surface area contributed by atoms with Gasteiger partial charge in [-0.3, -0.25) is 4.79 Å². The van der Waals surface area contributed by atoms with Crippen LogP contribution >= 0.6 is 0 Å². The lowest BCUT2D eigenvalue weighted by atomic mass is 10.1. The van der Waals surface area contributed by atoms with Crippen molar-refractivity contribution in [2.45, 2.75) is 13.0 Å². The monoisotopic (exact) mass is 330 g/mol. The third-order valence-electron chi connectivity index (χ3n) is 4.19. The van der Waals surface area contributed by atoms with E-state index in [1.165, 1.54) is 0 Å². The molecule has 2 N–H and O–H groups in total. The van der Waals surface area contributed by atoms with Crippen LogP contribution in [-0.2, 0) is 17.8 Å². The highest BCUT2D eigenvalue weighted by Gasteiger charge is 2.11. The molecule has 0 spiro atoms. The van der Waals surface area contributed by atoms with Crippen LogP contribution in [-0.4, -0.2) is 20.7 Å². The van der Waals surface area contributed by atoms with Crippen LogP contribution in [0.25, 0.3) is 10.9 Å². The maximum absolute atomic E-state index is 12.5. The predicted molar refractivity (Wildman–Crippen MR) is 98.4 cm³/mol. The zero-order valence-electron chi connectivity index (χ0n) is 13.6. The number of H-pyrrole nitrogens is 1. The molecular formula is C20H18N4O. The molecule has 2 aromatic heterocycles. The van der Waals surface area contributed by atoms with Crippen LogP contribution in [0.15, 0.2) is 73.1 Å². The quantitative estimate of drug-likeness (QED) is 0.587. The smallest absolute Gasteiger partial charge is 0.230 e. The highest BCUT2D eigenvalue weighted by molar-refractivity contribution is 5.95. The van der Waals surface area contributed by atoms with Crippen LogP contribution in [0.3, 0.4) is 0 Å². The molecule has 5 nitrogen and oxygen atoms in total. The largest absolute Gasteiger partial charge is 0.361 e. The maximum Gasteiger partial charge on any atom is 0.230 e. The summed E-state index contributed by atoms with van der Waals surface area (Å²) in [5, 5.41) is 8.35. The summed E-state index contributed by atoms with van der Waals surface area (Å²) in [5.41, 5.74) is 3.17. The van der Waals surface area contributed by atoms with Crippen LogP contribution < -0.4 is 5.32 Å². The van der Waals surface area contributed by atoms with E-state index in [0.29, 0.717) is 18.8 Å². The van der Waals surface area contributed by atoms with E-state index in [2.05, 4.69) is 15.4 Å². The van der Waals surface area contributed by atoms with Crippen molar-refractivity contribution in [3.8, 4) is 0 Å². The summed E-state index contributed by atoms with van der Waals surface area (Å²) in [5.74, 6) is 0.647. The van der Waals surface area contributed by atoms with Crippen molar-refractivity contribution in [2.75, 3.05) is 5.32 Å².